The summed E-state index contributed by atoms with van der Waals surface area (Å²) in [6, 6.07) is 4.73. The monoisotopic (exact) mass is 791 g/mol. The standard InChI is InChI=1S/C39H49N7O9S/c1-5-24-16-23(2)8-6-7-9-25-20-39(25,36(49)44-56(52,53)38(3)12-13-38)43-34(47)30-18-27(21-46(30)35(48)33(24)42-37(50)51)55-31-19-32(45-15-14-40-22-45)41-29-17-26(54-4)10-11-28(29)31/h7,9-11,14-15,17,19,22-25,27,30,33,42H,5-6,8,12-13,16,18,20-21H2,1-4H3,(H,43,47)(H,44,49)(H,50,51)/b9-7-/t23-,24-,25-,27-,30+,33+,39-/m1/s1. The van der Waals surface area contributed by atoms with Crippen molar-refractivity contribution in [2.24, 2.45) is 17.8 Å². The van der Waals surface area contributed by atoms with Crippen LogP contribution in [0.1, 0.15) is 72.1 Å². The Hall–Kier alpha value is -5.19. The minimum atomic E-state index is -4.02. The summed E-state index contributed by atoms with van der Waals surface area (Å²) in [5.74, 6) is -1.30. The number of allylic oxidation sites excluding steroid dienone is 1. The number of nitrogens with one attached hydrogen (secondary N) is 3. The molecule has 300 valence electrons. The first-order chi connectivity index (χ1) is 26.7. The average molecular weight is 792 g/mol. The van der Waals surface area contributed by atoms with Crippen molar-refractivity contribution in [3.63, 3.8) is 0 Å². The third-order valence-corrected chi connectivity index (χ3v) is 14.1. The van der Waals surface area contributed by atoms with Crippen LogP contribution in [0.4, 0.5) is 4.79 Å². The van der Waals surface area contributed by atoms with Gasteiger partial charge in [0.25, 0.3) is 5.91 Å². The maximum atomic E-state index is 14.7. The molecule has 7 atom stereocenters. The molecule has 4 aliphatic rings. The van der Waals surface area contributed by atoms with E-state index in [4.69, 9.17) is 14.5 Å². The van der Waals surface area contributed by atoms with Crippen LogP contribution >= 0.6 is 0 Å². The molecule has 0 unspecified atom stereocenters. The van der Waals surface area contributed by atoms with E-state index >= 15 is 0 Å². The lowest BCUT2D eigenvalue weighted by molar-refractivity contribution is -0.142. The molecule has 0 radical (unpaired) electrons. The van der Waals surface area contributed by atoms with E-state index in [1.165, 1.54) is 4.90 Å². The number of nitrogens with zero attached hydrogens (tertiary/aromatic N) is 4. The van der Waals surface area contributed by atoms with Gasteiger partial charge in [-0.3, -0.25) is 23.7 Å². The lowest BCUT2D eigenvalue weighted by Crippen LogP contribution is -2.59. The summed E-state index contributed by atoms with van der Waals surface area (Å²) in [6.07, 6.45) is 10.1. The van der Waals surface area contributed by atoms with Crippen LogP contribution in [0.15, 0.2) is 55.1 Å². The highest BCUT2D eigenvalue weighted by Crippen LogP contribution is 2.48. The van der Waals surface area contributed by atoms with Gasteiger partial charge in [0.15, 0.2) is 0 Å². The highest BCUT2D eigenvalue weighted by atomic mass is 32.2. The molecule has 56 heavy (non-hydrogen) atoms. The maximum absolute atomic E-state index is 14.7. The third-order valence-electron chi connectivity index (χ3n) is 11.9. The molecule has 2 aliphatic carbocycles. The van der Waals surface area contributed by atoms with Gasteiger partial charge in [-0.25, -0.2) is 23.2 Å². The summed E-state index contributed by atoms with van der Waals surface area (Å²) in [5, 5.41) is 15.9. The Balaban J connectivity index is 1.25. The number of imidazole rings is 1. The summed E-state index contributed by atoms with van der Waals surface area (Å²) in [6.45, 7) is 5.46. The molecule has 4 amide bonds. The van der Waals surface area contributed by atoms with Gasteiger partial charge in [0.1, 0.15) is 47.4 Å². The van der Waals surface area contributed by atoms with Gasteiger partial charge in [0, 0.05) is 42.3 Å². The average Bonchev–Trinajstić information content (AvgIpc) is 3.91. The molecule has 17 heteroatoms. The van der Waals surface area contributed by atoms with Crippen LogP contribution in [0.5, 0.6) is 11.5 Å². The minimum Gasteiger partial charge on any atom is -0.497 e. The summed E-state index contributed by atoms with van der Waals surface area (Å²) in [4.78, 5) is 65.6. The molecule has 2 aliphatic heterocycles. The summed E-state index contributed by atoms with van der Waals surface area (Å²) in [7, 11) is -2.47. The SMILES string of the molecule is CC[C@@H]1C[C@H](C)CC/C=C\[C@@H]2C[C@@]2(C(=O)NS(=O)(=O)C2(C)CC2)NC(=O)[C@@H]2C[C@@H](Oc3cc(-n4ccnc4)nc4cc(OC)ccc34)CN2C(=O)[C@H]1NC(=O)O. The number of sulfonamides is 1. The first kappa shape index (κ1) is 39.1. The molecule has 4 N–H and O–H groups in total. The van der Waals surface area contributed by atoms with Crippen molar-refractivity contribution in [3.8, 4) is 17.3 Å². The first-order valence-electron chi connectivity index (χ1n) is 19.2. The molecule has 3 fully saturated rings. The van der Waals surface area contributed by atoms with E-state index in [-0.39, 0.29) is 31.2 Å². The second-order valence-electron chi connectivity index (χ2n) is 15.9. The van der Waals surface area contributed by atoms with E-state index in [0.717, 1.165) is 6.42 Å². The van der Waals surface area contributed by atoms with Crippen LogP contribution in [-0.2, 0) is 24.4 Å². The summed E-state index contributed by atoms with van der Waals surface area (Å²) >= 11 is 0. The van der Waals surface area contributed by atoms with Gasteiger partial charge in [-0.2, -0.15) is 0 Å². The quantitative estimate of drug-likeness (QED) is 0.230. The zero-order valence-corrected chi connectivity index (χ0v) is 32.8. The van der Waals surface area contributed by atoms with Crippen LogP contribution in [0, 0.1) is 17.8 Å². The Morgan fingerprint density at radius 2 is 1.95 bits per heavy atom. The van der Waals surface area contributed by atoms with Crippen LogP contribution in [0.3, 0.4) is 0 Å². The van der Waals surface area contributed by atoms with Crippen molar-refractivity contribution >= 4 is 44.7 Å². The van der Waals surface area contributed by atoms with Gasteiger partial charge in [-0.1, -0.05) is 32.4 Å². The van der Waals surface area contributed by atoms with Gasteiger partial charge < -0.3 is 30.1 Å². The van der Waals surface area contributed by atoms with Crippen molar-refractivity contribution < 1.29 is 42.2 Å². The number of fused-ring (bicyclic) bond motifs is 3. The Labute approximate surface area is 325 Å². The lowest BCUT2D eigenvalue weighted by atomic mass is 9.85. The Bertz CT molecular complexity index is 2160. The highest BCUT2D eigenvalue weighted by molar-refractivity contribution is 7.91. The molecular weight excluding hydrogens is 743 g/mol. The van der Waals surface area contributed by atoms with Gasteiger partial charge in [0.2, 0.25) is 21.8 Å². The molecular formula is C39H49N7O9S. The molecule has 1 saturated heterocycles. The number of benzene rings is 1. The maximum Gasteiger partial charge on any atom is 0.405 e. The Kier molecular flexibility index (Phi) is 10.5. The number of methoxy groups -OCH3 is 1. The highest BCUT2D eigenvalue weighted by Gasteiger charge is 2.63. The van der Waals surface area contributed by atoms with Crippen molar-refractivity contribution in [1.82, 2.24) is 34.8 Å². The minimum absolute atomic E-state index is 0.000483. The fourth-order valence-electron chi connectivity index (χ4n) is 8.04. The molecule has 0 bridgehead atoms. The van der Waals surface area contributed by atoms with Crippen molar-refractivity contribution in [1.29, 1.82) is 0 Å². The zero-order chi connectivity index (χ0) is 40.0. The molecule has 4 heterocycles. The number of carboxylic acid groups (broad SMARTS) is 1. The molecule has 1 aromatic carbocycles. The van der Waals surface area contributed by atoms with E-state index < -0.39 is 68.2 Å². The number of amides is 4. The van der Waals surface area contributed by atoms with Gasteiger partial charge in [0.05, 0.1) is 23.9 Å². The number of hydrogen-bond acceptors (Lipinski definition) is 10. The predicted molar refractivity (Wildman–Crippen MR) is 205 cm³/mol. The van der Waals surface area contributed by atoms with Gasteiger partial charge >= 0.3 is 6.09 Å². The smallest absolute Gasteiger partial charge is 0.405 e. The van der Waals surface area contributed by atoms with E-state index in [1.54, 1.807) is 61.6 Å². The van der Waals surface area contributed by atoms with Crippen LogP contribution in [-0.4, -0.2) is 98.9 Å². The largest absolute Gasteiger partial charge is 0.497 e. The fourth-order valence-corrected chi connectivity index (χ4v) is 9.35. The van der Waals surface area contributed by atoms with Crippen molar-refractivity contribution in [2.75, 3.05) is 13.7 Å². The predicted octanol–water partition coefficient (Wildman–Crippen LogP) is 3.69. The van der Waals surface area contributed by atoms with Gasteiger partial charge in [-0.05, 0) is 69.4 Å². The Morgan fingerprint density at radius 1 is 1.16 bits per heavy atom. The lowest BCUT2D eigenvalue weighted by Gasteiger charge is -2.33. The summed E-state index contributed by atoms with van der Waals surface area (Å²) < 4.78 is 41.4. The van der Waals surface area contributed by atoms with Crippen LogP contribution in [0.2, 0.25) is 0 Å². The first-order valence-corrected chi connectivity index (χ1v) is 20.6. The van der Waals surface area contributed by atoms with E-state index in [0.29, 0.717) is 60.3 Å². The van der Waals surface area contributed by atoms with Gasteiger partial charge in [-0.15, -0.1) is 0 Å². The molecule has 7 rings (SSSR count). The van der Waals surface area contributed by atoms with Crippen molar-refractivity contribution in [3.05, 3.63) is 55.1 Å². The van der Waals surface area contributed by atoms with E-state index in [9.17, 15) is 32.7 Å². The third kappa shape index (κ3) is 7.64. The molecule has 3 aromatic rings. The zero-order valence-electron chi connectivity index (χ0n) is 31.9. The number of ether oxygens (including phenoxy) is 2. The topological polar surface area (TPSA) is 211 Å². The van der Waals surface area contributed by atoms with Crippen LogP contribution < -0.4 is 24.8 Å². The second-order valence-corrected chi connectivity index (χ2v) is 18.1. The molecule has 2 saturated carbocycles. The fraction of sp³-hybridized carbons (Fsp3) is 0.538. The summed E-state index contributed by atoms with van der Waals surface area (Å²) in [5.41, 5.74) is -0.996. The number of hydrogen-bond donors (Lipinski definition) is 4. The number of rotatable bonds is 9. The number of pyridine rings is 1. The number of carbonyl (C=O) groups is 4. The van der Waals surface area contributed by atoms with Crippen molar-refractivity contribution in [2.45, 2.75) is 101 Å². The molecule has 0 spiro atoms. The number of aromatic nitrogens is 3. The number of carbonyl (C=O) groups excluding carboxylic acids is 3. The second kappa shape index (κ2) is 15.0. The van der Waals surface area contributed by atoms with E-state index in [1.807, 2.05) is 19.1 Å². The molecule has 2 aromatic heterocycles. The normalized spacial score (nSPS) is 29.5. The van der Waals surface area contributed by atoms with E-state index in [2.05, 4.69) is 27.3 Å². The molecule has 16 nitrogen and oxygen atoms in total. The van der Waals surface area contributed by atoms with Crippen LogP contribution in [0.25, 0.3) is 16.7 Å². The Morgan fingerprint density at radius 3 is 2.62 bits per heavy atom.